The zero-order valence-electron chi connectivity index (χ0n) is 55.9. The van der Waals surface area contributed by atoms with Crippen LogP contribution in [0.25, 0.3) is 0 Å². The smallest absolute Gasteiger partial charge is 0.329 e. The average Bonchev–Trinajstić information content (AvgIpc) is 1.42. The third-order valence-corrected chi connectivity index (χ3v) is 15.2. The van der Waals surface area contributed by atoms with Crippen molar-refractivity contribution in [3.8, 4) is 0 Å². The van der Waals surface area contributed by atoms with Crippen LogP contribution >= 0.6 is 0 Å². The fourth-order valence-corrected chi connectivity index (χ4v) is 10.1. The summed E-state index contributed by atoms with van der Waals surface area (Å²) in [6, 6.07) is -15.7. The number of carboxylic acid groups (broad SMARTS) is 1. The van der Waals surface area contributed by atoms with E-state index in [1.807, 2.05) is 0 Å². The molecule has 0 aromatic heterocycles. The topological polar surface area (TPSA) is 415 Å². The third kappa shape index (κ3) is 31.5. The zero-order valence-corrected chi connectivity index (χ0v) is 55.9. The Kier molecular flexibility index (Phi) is 38.6. The van der Waals surface area contributed by atoms with Crippen LogP contribution in [-0.4, -0.2) is 177 Å². The van der Waals surface area contributed by atoms with Gasteiger partial charge in [-0.15, -0.1) is 0 Å². The second-order valence-electron chi connectivity index (χ2n) is 26.4. The largest absolute Gasteiger partial charge is 0.481 e. The SMILES string of the molecule is CCCCCCCCCCC[C@H](O)CC(=O)N[C@@H](CC(C)C)C(=O)N[C@H](CCC(=O)O)C(=O)N[C@H]1C(=O)NC(C(C)C)C(=O)N[C@@H](CC(C)C)C(=O)N[C@H](CO)C(=O)N[C@@H](CC(C)C)C(=O)N[C@@H](CC(C)C)C(=O)NC(CO)C(=O)N[C@@H](C(C)C)C(=O)O[C@@H]1C. The van der Waals surface area contributed by atoms with E-state index < -0.39 is 182 Å². The number of rotatable bonds is 32. The van der Waals surface area contributed by atoms with Crippen molar-refractivity contribution in [1.29, 1.82) is 0 Å². The molecule has 27 heteroatoms. The van der Waals surface area contributed by atoms with E-state index in [9.17, 15) is 78.0 Å². The van der Waals surface area contributed by atoms with Crippen LogP contribution in [0.15, 0.2) is 0 Å². The molecule has 1 saturated heterocycles. The van der Waals surface area contributed by atoms with Gasteiger partial charge in [0.15, 0.2) is 0 Å². The number of aliphatic hydroxyl groups excluding tert-OH is 3. The normalized spacial score (nSPS) is 23.5. The molecule has 1 aliphatic heterocycles. The summed E-state index contributed by atoms with van der Waals surface area (Å²) in [5, 5.41) is 66.8. The second kappa shape index (κ2) is 42.6. The minimum atomic E-state index is -1.99. The van der Waals surface area contributed by atoms with Gasteiger partial charge >= 0.3 is 11.9 Å². The molecule has 1 aliphatic rings. The monoisotopic (exact) mass is 1280 g/mol. The molecule has 0 saturated carbocycles. The number of hydrogen-bond acceptors (Lipinski definition) is 16. The fraction of sp³-hybridized carbons (Fsp3) is 0.810. The fourth-order valence-electron chi connectivity index (χ4n) is 10.1. The Morgan fingerprint density at radius 2 is 0.900 bits per heavy atom. The Morgan fingerprint density at radius 1 is 0.489 bits per heavy atom. The Labute approximate surface area is 532 Å². The first-order chi connectivity index (χ1) is 42.1. The molecule has 0 aromatic carbocycles. The van der Waals surface area contributed by atoms with Crippen molar-refractivity contribution >= 4 is 71.0 Å². The third-order valence-electron chi connectivity index (χ3n) is 15.2. The van der Waals surface area contributed by atoms with Crippen LogP contribution in [-0.2, 0) is 62.3 Å². The molecule has 1 heterocycles. The Balaban J connectivity index is 3.98. The van der Waals surface area contributed by atoms with Crippen molar-refractivity contribution in [2.45, 2.75) is 279 Å². The quantitative estimate of drug-likeness (QED) is 0.0337. The number of ether oxygens (including phenoxy) is 1. The van der Waals surface area contributed by atoms with Crippen molar-refractivity contribution in [3.63, 3.8) is 0 Å². The predicted molar refractivity (Wildman–Crippen MR) is 336 cm³/mol. The van der Waals surface area contributed by atoms with E-state index in [0.29, 0.717) is 12.8 Å². The maximum atomic E-state index is 14.8. The van der Waals surface area contributed by atoms with E-state index in [2.05, 4.69) is 60.1 Å². The number of aliphatic hydroxyl groups is 3. The Morgan fingerprint density at radius 3 is 1.32 bits per heavy atom. The van der Waals surface area contributed by atoms with Crippen LogP contribution in [0.3, 0.4) is 0 Å². The minimum Gasteiger partial charge on any atom is -0.481 e. The maximum Gasteiger partial charge on any atom is 0.329 e. The Hall–Kier alpha value is -6.48. The van der Waals surface area contributed by atoms with Crippen molar-refractivity contribution < 1.29 is 82.7 Å². The molecular formula is C63H112N10O17. The van der Waals surface area contributed by atoms with Crippen LogP contribution < -0.4 is 53.2 Å². The molecule has 10 amide bonds. The summed E-state index contributed by atoms with van der Waals surface area (Å²) in [7, 11) is 0. The lowest BCUT2D eigenvalue weighted by atomic mass is 9.98. The molecule has 90 heavy (non-hydrogen) atoms. The number of carboxylic acids is 1. The minimum absolute atomic E-state index is 0.00535. The van der Waals surface area contributed by atoms with Gasteiger partial charge < -0.3 is 78.3 Å². The van der Waals surface area contributed by atoms with Crippen LogP contribution in [0.4, 0.5) is 0 Å². The lowest BCUT2D eigenvalue weighted by molar-refractivity contribution is -0.157. The molecule has 1 rings (SSSR count). The van der Waals surface area contributed by atoms with Gasteiger partial charge in [0.05, 0.1) is 25.7 Å². The Bertz CT molecular complexity index is 2320. The number of amides is 10. The number of nitrogens with one attached hydrogen (secondary N) is 10. The zero-order chi connectivity index (χ0) is 68.5. The molecule has 0 aliphatic carbocycles. The number of carbonyl (C=O) groups excluding carboxylic acids is 11. The molecule has 1 fully saturated rings. The van der Waals surface area contributed by atoms with Gasteiger partial charge in [0.2, 0.25) is 59.1 Å². The summed E-state index contributed by atoms with van der Waals surface area (Å²) >= 11 is 0. The van der Waals surface area contributed by atoms with Gasteiger partial charge in [0, 0.05) is 6.42 Å². The highest BCUT2D eigenvalue weighted by molar-refractivity contribution is 5.99. The van der Waals surface area contributed by atoms with E-state index >= 15 is 0 Å². The molecular weight excluding hydrogens is 1170 g/mol. The van der Waals surface area contributed by atoms with Gasteiger partial charge in [0.25, 0.3) is 0 Å². The molecule has 516 valence electrons. The van der Waals surface area contributed by atoms with Crippen molar-refractivity contribution in [1.82, 2.24) is 53.2 Å². The molecule has 2 unspecified atom stereocenters. The highest BCUT2D eigenvalue weighted by Gasteiger charge is 2.41. The summed E-state index contributed by atoms with van der Waals surface area (Å²) in [4.78, 5) is 168. The van der Waals surface area contributed by atoms with Gasteiger partial charge in [-0.25, -0.2) is 4.79 Å². The molecule has 0 spiro atoms. The number of unbranched alkanes of at least 4 members (excludes halogenated alkanes) is 8. The summed E-state index contributed by atoms with van der Waals surface area (Å²) < 4.78 is 5.82. The van der Waals surface area contributed by atoms with E-state index in [4.69, 9.17) is 4.74 Å². The summed E-state index contributed by atoms with van der Waals surface area (Å²) in [6.07, 6.45) is 5.57. The summed E-state index contributed by atoms with van der Waals surface area (Å²) in [6.45, 7) is 21.5. The van der Waals surface area contributed by atoms with Crippen molar-refractivity contribution in [3.05, 3.63) is 0 Å². The first-order valence-corrected chi connectivity index (χ1v) is 32.5. The lowest BCUT2D eigenvalue weighted by Crippen LogP contribution is -2.63. The van der Waals surface area contributed by atoms with E-state index in [0.717, 1.165) is 32.1 Å². The van der Waals surface area contributed by atoms with E-state index in [1.54, 1.807) is 55.4 Å². The molecule has 27 nitrogen and oxygen atoms in total. The number of aliphatic carboxylic acids is 1. The van der Waals surface area contributed by atoms with Gasteiger partial charge in [-0.3, -0.25) is 52.7 Å². The van der Waals surface area contributed by atoms with Crippen LogP contribution in [0.1, 0.15) is 206 Å². The first-order valence-electron chi connectivity index (χ1n) is 32.5. The van der Waals surface area contributed by atoms with Gasteiger partial charge in [-0.2, -0.15) is 0 Å². The number of cyclic esters (lactones) is 1. The predicted octanol–water partition coefficient (Wildman–Crippen LogP) is 1.80. The second-order valence-corrected chi connectivity index (χ2v) is 26.4. The van der Waals surface area contributed by atoms with Gasteiger partial charge in [-0.05, 0) is 81.0 Å². The standard InChI is InChI=1S/C63H112N10O17/c1-15-16-17-18-19-20-21-22-23-24-41(76)31-49(77)64-43(27-34(2)3)55(81)65-42(25-26-50(78)79)54(80)73-53-40(14)90-63(89)52(39(12)13)72-60(86)48(33-75)70-57(83)45(29-36(6)7)66-56(82)44(28-35(4)5)67-59(85)47(32-74)69-58(84)46(30-37(8)9)68-61(87)51(38(10)11)71-62(53)88/h34-48,51-53,74-76H,15-33H2,1-14H3,(H,64,77)(H,65,81)(H,66,82)(H,67,85)(H,68,87)(H,69,84)(H,70,83)(H,71,88)(H,72,86)(H,73,80)(H,78,79)/t40-,41+,42-,43+,44+,45+,46+,47-,48?,51?,52+,53-/m1/s1. The van der Waals surface area contributed by atoms with Gasteiger partial charge in [0.1, 0.15) is 66.5 Å². The molecule has 0 radical (unpaired) electrons. The number of hydrogen-bond donors (Lipinski definition) is 14. The first kappa shape index (κ1) is 81.5. The molecule has 0 aromatic rings. The van der Waals surface area contributed by atoms with E-state index in [1.165, 1.54) is 53.9 Å². The number of esters is 1. The summed E-state index contributed by atoms with van der Waals surface area (Å²) in [5.41, 5.74) is 0. The molecule has 0 bridgehead atoms. The average molecular weight is 1280 g/mol. The number of carbonyl (C=O) groups is 12. The highest BCUT2D eigenvalue weighted by atomic mass is 16.5. The van der Waals surface area contributed by atoms with Crippen LogP contribution in [0.5, 0.6) is 0 Å². The molecule has 14 N–H and O–H groups in total. The summed E-state index contributed by atoms with van der Waals surface area (Å²) in [5.74, 6) is -14.8. The van der Waals surface area contributed by atoms with Crippen molar-refractivity contribution in [2.24, 2.45) is 35.5 Å². The van der Waals surface area contributed by atoms with Crippen LogP contribution in [0, 0.1) is 35.5 Å². The lowest BCUT2D eigenvalue weighted by Gasteiger charge is -2.32. The maximum absolute atomic E-state index is 14.8. The van der Waals surface area contributed by atoms with Crippen LogP contribution in [0.2, 0.25) is 0 Å². The highest BCUT2D eigenvalue weighted by Crippen LogP contribution is 2.17. The van der Waals surface area contributed by atoms with Gasteiger partial charge in [-0.1, -0.05) is 148 Å². The van der Waals surface area contributed by atoms with E-state index in [-0.39, 0.29) is 55.8 Å². The van der Waals surface area contributed by atoms with Crippen molar-refractivity contribution in [2.75, 3.05) is 13.2 Å². The molecule has 12 atom stereocenters.